The van der Waals surface area contributed by atoms with Crippen LogP contribution in [0.25, 0.3) is 0 Å². The van der Waals surface area contributed by atoms with Gasteiger partial charge < -0.3 is 14.5 Å². The number of ketones is 1. The summed E-state index contributed by atoms with van der Waals surface area (Å²) in [4.78, 5) is 29.2. The number of likely N-dealkylation sites (N-methyl/N-ethyl adjacent to an activating group) is 1. The van der Waals surface area contributed by atoms with Crippen LogP contribution in [0, 0.1) is 5.82 Å². The maximum Gasteiger partial charge on any atom is 0.573 e. The lowest BCUT2D eigenvalue weighted by Gasteiger charge is -2.37. The van der Waals surface area contributed by atoms with Crippen LogP contribution in [0.2, 0.25) is 0 Å². The normalized spacial score (nSPS) is 14.5. The van der Waals surface area contributed by atoms with Gasteiger partial charge in [-0.05, 0) is 38.2 Å². The molecule has 0 saturated carbocycles. The van der Waals surface area contributed by atoms with Crippen molar-refractivity contribution in [2.75, 3.05) is 44.7 Å². The fourth-order valence-corrected chi connectivity index (χ4v) is 3.72. The van der Waals surface area contributed by atoms with Crippen LogP contribution in [0.1, 0.15) is 22.8 Å². The molecule has 2 aromatic carbocycles. The summed E-state index contributed by atoms with van der Waals surface area (Å²) >= 11 is 0. The summed E-state index contributed by atoms with van der Waals surface area (Å²) in [5, 5.41) is 0. The number of hydrogen-bond donors (Lipinski definition) is 0. The first kappa shape index (κ1) is 24.5. The highest BCUT2D eigenvalue weighted by Gasteiger charge is 2.32. The van der Waals surface area contributed by atoms with E-state index in [-0.39, 0.29) is 30.5 Å². The quantitative estimate of drug-likeness (QED) is 0.459. The van der Waals surface area contributed by atoms with Crippen molar-refractivity contribution >= 4 is 17.4 Å². The second-order valence-corrected chi connectivity index (χ2v) is 7.92. The van der Waals surface area contributed by atoms with Crippen molar-refractivity contribution in [2.24, 2.45) is 0 Å². The highest BCUT2D eigenvalue weighted by molar-refractivity contribution is 5.94. The van der Waals surface area contributed by atoms with E-state index < -0.39 is 12.2 Å². The molecular weight excluding hydrogens is 442 g/mol. The number of carbonyl (C=O) groups is 2. The van der Waals surface area contributed by atoms with Crippen LogP contribution >= 0.6 is 0 Å². The van der Waals surface area contributed by atoms with E-state index in [1.54, 1.807) is 35.0 Å². The standard InChI is InChI=1S/C23H25F4N3O3/c1-16(31)17-7-8-20(19(24)13-17)29-9-11-30(12-10-29)22(32)15-28(2)14-18-5-3-4-6-21(18)33-23(25,26)27/h3-8,13H,9-12,14-15H2,1-2H3. The number of nitrogens with zero attached hydrogens (tertiary/aromatic N) is 3. The Balaban J connectivity index is 1.54. The zero-order valence-electron chi connectivity index (χ0n) is 18.4. The first-order valence-corrected chi connectivity index (χ1v) is 10.4. The van der Waals surface area contributed by atoms with E-state index in [4.69, 9.17) is 0 Å². The van der Waals surface area contributed by atoms with Gasteiger partial charge >= 0.3 is 6.36 Å². The van der Waals surface area contributed by atoms with Gasteiger partial charge in [-0.25, -0.2) is 4.39 Å². The number of para-hydroxylation sites is 1. The number of amides is 1. The van der Waals surface area contributed by atoms with Gasteiger partial charge in [-0.15, -0.1) is 13.2 Å². The molecule has 0 N–H and O–H groups in total. The molecule has 6 nitrogen and oxygen atoms in total. The number of Topliss-reactive ketones (excluding diaryl/α,β-unsaturated/α-hetero) is 1. The van der Waals surface area contributed by atoms with Gasteiger partial charge in [0.2, 0.25) is 5.91 Å². The average Bonchev–Trinajstić information content (AvgIpc) is 2.74. The number of benzene rings is 2. The maximum absolute atomic E-state index is 14.4. The molecule has 1 amide bonds. The van der Waals surface area contributed by atoms with E-state index in [2.05, 4.69) is 4.74 Å². The van der Waals surface area contributed by atoms with Gasteiger partial charge in [-0.2, -0.15) is 0 Å². The molecule has 0 unspecified atom stereocenters. The molecule has 1 heterocycles. The fraction of sp³-hybridized carbons (Fsp3) is 0.391. The first-order chi connectivity index (χ1) is 15.5. The average molecular weight is 467 g/mol. The topological polar surface area (TPSA) is 53.1 Å². The van der Waals surface area contributed by atoms with Crippen LogP contribution in [0.5, 0.6) is 5.75 Å². The Labute approximate surface area is 189 Å². The molecule has 1 aliphatic heterocycles. The zero-order chi connectivity index (χ0) is 24.2. The van der Waals surface area contributed by atoms with Crippen molar-refractivity contribution in [3.05, 3.63) is 59.4 Å². The molecule has 0 aliphatic carbocycles. The van der Waals surface area contributed by atoms with E-state index in [9.17, 15) is 27.2 Å². The third-order valence-corrected chi connectivity index (χ3v) is 5.37. The van der Waals surface area contributed by atoms with Crippen molar-refractivity contribution in [2.45, 2.75) is 19.8 Å². The molecule has 3 rings (SSSR count). The minimum atomic E-state index is -4.80. The summed E-state index contributed by atoms with van der Waals surface area (Å²) in [6.45, 7) is 3.11. The minimum absolute atomic E-state index is 0.0159. The summed E-state index contributed by atoms with van der Waals surface area (Å²) in [6.07, 6.45) is -4.80. The number of ether oxygens (including phenoxy) is 1. The van der Waals surface area contributed by atoms with Gasteiger partial charge in [0.1, 0.15) is 11.6 Å². The number of anilines is 1. The SMILES string of the molecule is CC(=O)c1ccc(N2CCN(C(=O)CN(C)Cc3ccccc3OC(F)(F)F)CC2)c(F)c1. The Morgan fingerprint density at radius 3 is 2.33 bits per heavy atom. The largest absolute Gasteiger partial charge is 0.573 e. The molecule has 0 aromatic heterocycles. The van der Waals surface area contributed by atoms with E-state index in [0.717, 1.165) is 0 Å². The molecule has 178 valence electrons. The van der Waals surface area contributed by atoms with Gasteiger partial charge in [-0.1, -0.05) is 18.2 Å². The van der Waals surface area contributed by atoms with Crippen LogP contribution in [0.3, 0.4) is 0 Å². The molecule has 1 fully saturated rings. The second-order valence-electron chi connectivity index (χ2n) is 7.92. The maximum atomic E-state index is 14.4. The Hall–Kier alpha value is -3.14. The fourth-order valence-electron chi connectivity index (χ4n) is 3.72. The Kier molecular flexibility index (Phi) is 7.57. The first-order valence-electron chi connectivity index (χ1n) is 10.4. The predicted molar refractivity (Wildman–Crippen MR) is 115 cm³/mol. The number of rotatable bonds is 7. The van der Waals surface area contributed by atoms with E-state index in [0.29, 0.717) is 43.0 Å². The number of alkyl halides is 3. The molecule has 0 bridgehead atoms. The van der Waals surface area contributed by atoms with Crippen molar-refractivity contribution in [3.63, 3.8) is 0 Å². The third kappa shape index (κ3) is 6.67. The van der Waals surface area contributed by atoms with Crippen molar-refractivity contribution < 1.29 is 31.9 Å². The molecule has 1 saturated heterocycles. The second kappa shape index (κ2) is 10.2. The number of carbonyl (C=O) groups excluding carboxylic acids is 2. The highest BCUT2D eigenvalue weighted by atomic mass is 19.4. The zero-order valence-corrected chi connectivity index (χ0v) is 18.4. The molecule has 0 atom stereocenters. The van der Waals surface area contributed by atoms with Crippen LogP contribution in [0.15, 0.2) is 42.5 Å². The Bertz CT molecular complexity index is 1000. The monoisotopic (exact) mass is 467 g/mol. The summed E-state index contributed by atoms with van der Waals surface area (Å²) in [6, 6.07) is 10.2. The number of halogens is 4. The Morgan fingerprint density at radius 2 is 1.73 bits per heavy atom. The summed E-state index contributed by atoms with van der Waals surface area (Å²) in [7, 11) is 1.64. The van der Waals surface area contributed by atoms with Gasteiger partial charge in [0.25, 0.3) is 0 Å². The summed E-state index contributed by atoms with van der Waals surface area (Å²) in [5.41, 5.74) is 1.00. The molecule has 10 heteroatoms. The Morgan fingerprint density at radius 1 is 1.06 bits per heavy atom. The molecular formula is C23H25F4N3O3. The lowest BCUT2D eigenvalue weighted by atomic mass is 10.1. The van der Waals surface area contributed by atoms with Gasteiger partial charge in [0, 0.05) is 43.9 Å². The van der Waals surface area contributed by atoms with Crippen LogP contribution in [-0.2, 0) is 11.3 Å². The number of piperazine rings is 1. The van der Waals surface area contributed by atoms with E-state index in [1.807, 2.05) is 4.90 Å². The van der Waals surface area contributed by atoms with Crippen LogP contribution in [0.4, 0.5) is 23.2 Å². The molecule has 2 aromatic rings. The number of hydrogen-bond acceptors (Lipinski definition) is 5. The van der Waals surface area contributed by atoms with Gasteiger partial charge in [0.05, 0.1) is 12.2 Å². The lowest BCUT2D eigenvalue weighted by molar-refractivity contribution is -0.275. The van der Waals surface area contributed by atoms with Gasteiger partial charge in [-0.3, -0.25) is 14.5 Å². The van der Waals surface area contributed by atoms with Crippen LogP contribution < -0.4 is 9.64 Å². The van der Waals surface area contributed by atoms with Gasteiger partial charge in [0.15, 0.2) is 5.78 Å². The molecule has 0 radical (unpaired) electrons. The summed E-state index contributed by atoms with van der Waals surface area (Å²) in [5.74, 6) is -1.16. The summed E-state index contributed by atoms with van der Waals surface area (Å²) < 4.78 is 56.3. The highest BCUT2D eigenvalue weighted by Crippen LogP contribution is 2.27. The van der Waals surface area contributed by atoms with Crippen LogP contribution in [-0.4, -0.2) is 67.6 Å². The predicted octanol–water partition coefficient (Wildman–Crippen LogP) is 3.71. The third-order valence-electron chi connectivity index (χ3n) is 5.37. The van der Waals surface area contributed by atoms with Crippen molar-refractivity contribution in [1.82, 2.24) is 9.80 Å². The van der Waals surface area contributed by atoms with E-state index in [1.165, 1.54) is 31.2 Å². The van der Waals surface area contributed by atoms with Crippen molar-refractivity contribution in [3.8, 4) is 5.75 Å². The molecule has 0 spiro atoms. The van der Waals surface area contributed by atoms with Crippen molar-refractivity contribution in [1.29, 1.82) is 0 Å². The lowest BCUT2D eigenvalue weighted by Crippen LogP contribution is -2.51. The van der Waals surface area contributed by atoms with E-state index >= 15 is 0 Å². The molecule has 33 heavy (non-hydrogen) atoms. The minimum Gasteiger partial charge on any atom is -0.405 e. The molecule has 1 aliphatic rings. The smallest absolute Gasteiger partial charge is 0.405 e.